The third kappa shape index (κ3) is 3.11. The van der Waals surface area contributed by atoms with Crippen LogP contribution >= 0.6 is 0 Å². The molecule has 1 aliphatic heterocycles. The standard InChI is InChI=1S/C11H17NO5S/c1-8-6-9(4-5-16-8)12-18(14,15)11-3-2-10(7-13)17-11/h2-3,8-9,12-13H,4-7H2,1H3. The molecule has 1 aromatic heterocycles. The molecule has 0 radical (unpaired) electrons. The van der Waals surface area contributed by atoms with E-state index in [1.165, 1.54) is 12.1 Å². The van der Waals surface area contributed by atoms with Crippen LogP contribution in [0.5, 0.6) is 0 Å². The number of aliphatic hydroxyl groups is 1. The Morgan fingerprint density at radius 1 is 1.50 bits per heavy atom. The Morgan fingerprint density at radius 2 is 2.28 bits per heavy atom. The minimum absolute atomic E-state index is 0.0519. The Labute approximate surface area is 106 Å². The number of ether oxygens (including phenoxy) is 1. The molecule has 2 N–H and O–H groups in total. The van der Waals surface area contributed by atoms with Crippen molar-refractivity contribution in [3.63, 3.8) is 0 Å². The van der Waals surface area contributed by atoms with Gasteiger partial charge in [-0.2, -0.15) is 0 Å². The summed E-state index contributed by atoms with van der Waals surface area (Å²) in [5.74, 6) is 0.232. The fraction of sp³-hybridized carbons (Fsp3) is 0.636. The van der Waals surface area contributed by atoms with Crippen molar-refractivity contribution < 1.29 is 22.7 Å². The smallest absolute Gasteiger partial charge is 0.274 e. The predicted molar refractivity (Wildman–Crippen MR) is 63.4 cm³/mol. The van der Waals surface area contributed by atoms with Crippen LogP contribution in [0.25, 0.3) is 0 Å². The molecule has 0 amide bonds. The molecule has 0 spiro atoms. The van der Waals surface area contributed by atoms with Gasteiger partial charge in [0, 0.05) is 12.6 Å². The molecule has 2 rings (SSSR count). The number of hydrogen-bond acceptors (Lipinski definition) is 5. The third-order valence-electron chi connectivity index (χ3n) is 2.86. The molecule has 2 atom stereocenters. The maximum absolute atomic E-state index is 12.0. The predicted octanol–water partition coefficient (Wildman–Crippen LogP) is 0.618. The van der Waals surface area contributed by atoms with E-state index in [9.17, 15) is 8.42 Å². The highest BCUT2D eigenvalue weighted by molar-refractivity contribution is 7.89. The molecule has 0 saturated carbocycles. The van der Waals surface area contributed by atoms with Gasteiger partial charge in [0.2, 0.25) is 5.09 Å². The van der Waals surface area contributed by atoms with E-state index in [4.69, 9.17) is 14.3 Å². The van der Waals surface area contributed by atoms with E-state index in [1.807, 2.05) is 6.92 Å². The first-order valence-corrected chi connectivity index (χ1v) is 7.33. The van der Waals surface area contributed by atoms with Crippen LogP contribution in [-0.2, 0) is 21.4 Å². The summed E-state index contributed by atoms with van der Waals surface area (Å²) in [7, 11) is -3.66. The average Bonchev–Trinajstić information content (AvgIpc) is 2.77. The molecule has 1 aromatic rings. The van der Waals surface area contributed by atoms with Gasteiger partial charge in [-0.1, -0.05) is 0 Å². The number of sulfonamides is 1. The molecular formula is C11H17NO5S. The molecule has 2 heterocycles. The summed E-state index contributed by atoms with van der Waals surface area (Å²) in [5.41, 5.74) is 0. The average molecular weight is 275 g/mol. The SMILES string of the molecule is CC1CC(NS(=O)(=O)c2ccc(CO)o2)CCO1. The van der Waals surface area contributed by atoms with Gasteiger partial charge in [0.15, 0.2) is 0 Å². The highest BCUT2D eigenvalue weighted by Gasteiger charge is 2.26. The van der Waals surface area contributed by atoms with Crippen molar-refractivity contribution in [2.75, 3.05) is 6.61 Å². The zero-order valence-corrected chi connectivity index (χ0v) is 10.9. The van der Waals surface area contributed by atoms with E-state index in [0.717, 1.165) is 0 Å². The van der Waals surface area contributed by atoms with Gasteiger partial charge in [0.05, 0.1) is 6.10 Å². The Balaban J connectivity index is 2.06. The van der Waals surface area contributed by atoms with Gasteiger partial charge in [-0.25, -0.2) is 13.1 Å². The Hall–Kier alpha value is -0.890. The van der Waals surface area contributed by atoms with Crippen molar-refractivity contribution in [1.82, 2.24) is 4.72 Å². The zero-order chi connectivity index (χ0) is 13.2. The summed E-state index contributed by atoms with van der Waals surface area (Å²) in [5, 5.41) is 8.69. The van der Waals surface area contributed by atoms with E-state index in [1.54, 1.807) is 0 Å². The lowest BCUT2D eigenvalue weighted by molar-refractivity contribution is 0.0172. The minimum Gasteiger partial charge on any atom is -0.446 e. The molecule has 1 aliphatic rings. The van der Waals surface area contributed by atoms with Crippen LogP contribution < -0.4 is 4.72 Å². The lowest BCUT2D eigenvalue weighted by Gasteiger charge is -2.27. The number of hydrogen-bond donors (Lipinski definition) is 2. The molecule has 0 aromatic carbocycles. The number of aliphatic hydroxyl groups excluding tert-OH is 1. The summed E-state index contributed by atoms with van der Waals surface area (Å²) in [6.45, 7) is 2.15. The molecule has 2 unspecified atom stereocenters. The Kier molecular flexibility index (Phi) is 4.06. The first-order valence-electron chi connectivity index (χ1n) is 5.85. The van der Waals surface area contributed by atoms with Gasteiger partial charge in [-0.15, -0.1) is 0 Å². The van der Waals surface area contributed by atoms with Gasteiger partial charge in [0.25, 0.3) is 10.0 Å². The number of nitrogens with one attached hydrogen (secondary N) is 1. The quantitative estimate of drug-likeness (QED) is 0.840. The van der Waals surface area contributed by atoms with Crippen LogP contribution in [0.1, 0.15) is 25.5 Å². The summed E-state index contributed by atoms with van der Waals surface area (Å²) >= 11 is 0. The highest BCUT2D eigenvalue weighted by atomic mass is 32.2. The second kappa shape index (κ2) is 5.40. The summed E-state index contributed by atoms with van der Waals surface area (Å²) in [6, 6.07) is 2.65. The van der Waals surface area contributed by atoms with Crippen LogP contribution in [0, 0.1) is 0 Å². The molecule has 1 fully saturated rings. The second-order valence-electron chi connectivity index (χ2n) is 4.40. The molecule has 0 bridgehead atoms. The van der Waals surface area contributed by atoms with E-state index < -0.39 is 10.0 Å². The van der Waals surface area contributed by atoms with Gasteiger partial charge in [0.1, 0.15) is 12.4 Å². The van der Waals surface area contributed by atoms with Crippen molar-refractivity contribution >= 4 is 10.0 Å². The topological polar surface area (TPSA) is 88.8 Å². The summed E-state index contributed by atoms with van der Waals surface area (Å²) in [6.07, 6.45) is 1.35. The number of furan rings is 1. The van der Waals surface area contributed by atoms with Crippen LogP contribution in [0.3, 0.4) is 0 Å². The first kappa shape index (κ1) is 13.5. The molecule has 7 heteroatoms. The van der Waals surface area contributed by atoms with Crippen LogP contribution in [-0.4, -0.2) is 32.3 Å². The van der Waals surface area contributed by atoms with Crippen molar-refractivity contribution in [2.24, 2.45) is 0 Å². The molecule has 1 saturated heterocycles. The van der Waals surface area contributed by atoms with Crippen LogP contribution in [0.2, 0.25) is 0 Å². The fourth-order valence-electron chi connectivity index (χ4n) is 1.97. The minimum atomic E-state index is -3.66. The van der Waals surface area contributed by atoms with Crippen molar-refractivity contribution in [2.45, 2.75) is 43.6 Å². The van der Waals surface area contributed by atoms with Gasteiger partial charge < -0.3 is 14.3 Å². The highest BCUT2D eigenvalue weighted by Crippen LogP contribution is 2.18. The van der Waals surface area contributed by atoms with Crippen molar-refractivity contribution in [1.29, 1.82) is 0 Å². The van der Waals surface area contributed by atoms with Gasteiger partial charge >= 0.3 is 0 Å². The molecule has 6 nitrogen and oxygen atoms in total. The van der Waals surface area contributed by atoms with E-state index in [0.29, 0.717) is 19.4 Å². The maximum Gasteiger partial charge on any atom is 0.274 e. The fourth-order valence-corrected chi connectivity index (χ4v) is 3.20. The van der Waals surface area contributed by atoms with E-state index in [-0.39, 0.29) is 29.6 Å². The first-order chi connectivity index (χ1) is 8.51. The lowest BCUT2D eigenvalue weighted by atomic mass is 10.1. The third-order valence-corrected chi connectivity index (χ3v) is 4.26. The van der Waals surface area contributed by atoms with Crippen LogP contribution in [0.4, 0.5) is 0 Å². The lowest BCUT2D eigenvalue weighted by Crippen LogP contribution is -2.41. The van der Waals surface area contributed by atoms with Crippen molar-refractivity contribution in [3.05, 3.63) is 17.9 Å². The maximum atomic E-state index is 12.0. The monoisotopic (exact) mass is 275 g/mol. The Morgan fingerprint density at radius 3 is 2.89 bits per heavy atom. The second-order valence-corrected chi connectivity index (χ2v) is 6.05. The van der Waals surface area contributed by atoms with Crippen molar-refractivity contribution in [3.8, 4) is 0 Å². The van der Waals surface area contributed by atoms with Gasteiger partial charge in [-0.05, 0) is 31.9 Å². The van der Waals surface area contributed by atoms with E-state index in [2.05, 4.69) is 4.72 Å². The van der Waals surface area contributed by atoms with Gasteiger partial charge in [-0.3, -0.25) is 0 Å². The molecule has 102 valence electrons. The van der Waals surface area contributed by atoms with E-state index >= 15 is 0 Å². The normalized spacial score (nSPS) is 25.2. The molecule has 0 aliphatic carbocycles. The summed E-state index contributed by atoms with van der Waals surface area (Å²) < 4.78 is 37.0. The molecule has 18 heavy (non-hydrogen) atoms. The summed E-state index contributed by atoms with van der Waals surface area (Å²) in [4.78, 5) is 0. The Bertz CT molecular complexity index is 495. The zero-order valence-electron chi connectivity index (χ0n) is 10.1. The number of rotatable bonds is 4. The van der Waals surface area contributed by atoms with Crippen LogP contribution in [0.15, 0.2) is 21.6 Å². The largest absolute Gasteiger partial charge is 0.446 e. The molecular weight excluding hydrogens is 258 g/mol.